The number of benzene rings is 4. The van der Waals surface area contributed by atoms with E-state index < -0.39 is 63.5 Å². The van der Waals surface area contributed by atoms with E-state index in [-0.39, 0.29) is 5.56 Å². The molecule has 4 aromatic carbocycles. The minimum Gasteiger partial charge on any atom is -0.429 e. The van der Waals surface area contributed by atoms with Crippen LogP contribution in [0.15, 0.2) is 66.7 Å². The molecule has 0 atom stereocenters. The molecule has 9 heteroatoms. The number of hydrogen-bond acceptors (Lipinski definition) is 1. The highest BCUT2D eigenvalue weighted by molar-refractivity contribution is 5.66. The maximum absolute atomic E-state index is 14.7. The van der Waals surface area contributed by atoms with Gasteiger partial charge >= 0.3 is 6.11 Å². The largest absolute Gasteiger partial charge is 0.432 e. The number of aryl methyl sites for hydroxylation is 1. The van der Waals surface area contributed by atoms with Crippen molar-refractivity contribution >= 4 is 0 Å². The predicted molar refractivity (Wildman–Crippen MR) is 124 cm³/mol. The van der Waals surface area contributed by atoms with Gasteiger partial charge in [-0.05, 0) is 60.0 Å². The molecular weight excluding hydrogens is 504 g/mol. The van der Waals surface area contributed by atoms with Crippen molar-refractivity contribution in [1.82, 2.24) is 0 Å². The molecule has 0 N–H and O–H groups in total. The highest BCUT2D eigenvalue weighted by atomic mass is 19.3. The minimum absolute atomic E-state index is 0.0220. The van der Waals surface area contributed by atoms with Gasteiger partial charge in [0, 0.05) is 11.6 Å². The zero-order chi connectivity index (χ0) is 27.5. The van der Waals surface area contributed by atoms with Crippen LogP contribution < -0.4 is 4.74 Å². The Balaban J connectivity index is 0.00000186. The molecule has 0 unspecified atom stereocenters. The topological polar surface area (TPSA) is 9.23 Å². The van der Waals surface area contributed by atoms with Gasteiger partial charge in [0.15, 0.2) is 17.5 Å². The third-order valence-electron chi connectivity index (χ3n) is 5.20. The Labute approximate surface area is 208 Å². The molecule has 0 heterocycles. The fourth-order valence-corrected chi connectivity index (χ4v) is 3.47. The SMILES string of the molecule is CC.Cc1ccc(-c2cc(F)c(C(F)(F)Oc3ccc(-c4cc(F)c(F)c(F)c4)c(F)c3)c(F)c2)cc1. The van der Waals surface area contributed by atoms with E-state index in [0.29, 0.717) is 23.8 Å². The second kappa shape index (κ2) is 11.0. The van der Waals surface area contributed by atoms with Crippen molar-refractivity contribution < 1.29 is 39.9 Å². The van der Waals surface area contributed by atoms with E-state index in [0.717, 1.165) is 29.8 Å². The van der Waals surface area contributed by atoms with Gasteiger partial charge in [-0.1, -0.05) is 43.7 Å². The lowest BCUT2D eigenvalue weighted by Gasteiger charge is -2.20. The molecule has 1 nitrogen and oxygen atoms in total. The summed E-state index contributed by atoms with van der Waals surface area (Å²) in [5.41, 5.74) is -1.22. The average molecular weight is 524 g/mol. The van der Waals surface area contributed by atoms with Crippen LogP contribution in [0.1, 0.15) is 25.0 Å². The molecule has 0 aliphatic heterocycles. The van der Waals surface area contributed by atoms with E-state index in [1.807, 2.05) is 13.8 Å². The smallest absolute Gasteiger partial charge is 0.429 e. The van der Waals surface area contributed by atoms with Gasteiger partial charge in [0.2, 0.25) is 0 Å². The van der Waals surface area contributed by atoms with E-state index in [4.69, 9.17) is 0 Å². The molecule has 0 aliphatic rings. The van der Waals surface area contributed by atoms with Gasteiger partial charge in [-0.15, -0.1) is 0 Å². The Hall–Kier alpha value is -3.88. The summed E-state index contributed by atoms with van der Waals surface area (Å²) >= 11 is 0. The van der Waals surface area contributed by atoms with Crippen LogP contribution in [0.3, 0.4) is 0 Å². The first-order chi connectivity index (χ1) is 17.5. The van der Waals surface area contributed by atoms with Gasteiger partial charge < -0.3 is 4.74 Å². The normalized spacial score (nSPS) is 11.1. The molecule has 0 fully saturated rings. The van der Waals surface area contributed by atoms with Gasteiger partial charge in [-0.2, -0.15) is 8.78 Å². The second-order valence-corrected chi connectivity index (χ2v) is 7.70. The van der Waals surface area contributed by atoms with Crippen LogP contribution in [0.2, 0.25) is 0 Å². The van der Waals surface area contributed by atoms with E-state index in [1.165, 1.54) is 0 Å². The molecule has 0 spiro atoms. The highest BCUT2D eigenvalue weighted by Crippen LogP contribution is 2.38. The molecule has 0 saturated carbocycles. The molecule has 0 saturated heterocycles. The fourth-order valence-electron chi connectivity index (χ4n) is 3.47. The molecule has 194 valence electrons. The molecule has 4 rings (SSSR count). The summed E-state index contributed by atoms with van der Waals surface area (Å²) in [5.74, 6) is -10.1. The lowest BCUT2D eigenvalue weighted by atomic mass is 10.0. The average Bonchev–Trinajstić information content (AvgIpc) is 2.83. The van der Waals surface area contributed by atoms with Crippen LogP contribution in [-0.4, -0.2) is 0 Å². The number of rotatable bonds is 5. The molecule has 0 aromatic heterocycles. The van der Waals surface area contributed by atoms with Crippen LogP contribution >= 0.6 is 0 Å². The Kier molecular flexibility index (Phi) is 8.25. The highest BCUT2D eigenvalue weighted by Gasteiger charge is 2.41. The monoisotopic (exact) mass is 524 g/mol. The van der Waals surface area contributed by atoms with Gasteiger partial charge in [0.05, 0.1) is 0 Å². The van der Waals surface area contributed by atoms with E-state index in [1.54, 1.807) is 31.2 Å². The van der Waals surface area contributed by atoms with Crippen LogP contribution in [0.4, 0.5) is 35.1 Å². The lowest BCUT2D eigenvalue weighted by molar-refractivity contribution is -0.189. The second-order valence-electron chi connectivity index (χ2n) is 7.70. The van der Waals surface area contributed by atoms with Gasteiger partial charge in [-0.25, -0.2) is 26.3 Å². The number of halogens is 8. The van der Waals surface area contributed by atoms with Crippen molar-refractivity contribution in [2.75, 3.05) is 0 Å². The Morgan fingerprint density at radius 1 is 0.568 bits per heavy atom. The summed E-state index contributed by atoms with van der Waals surface area (Å²) in [7, 11) is 0. The van der Waals surface area contributed by atoms with Crippen molar-refractivity contribution in [3.8, 4) is 28.0 Å². The fraction of sp³-hybridized carbons (Fsp3) is 0.143. The number of ether oxygens (including phenoxy) is 1. The Morgan fingerprint density at radius 2 is 1.08 bits per heavy atom. The molecule has 37 heavy (non-hydrogen) atoms. The molecular formula is C28H20F8O. The van der Waals surface area contributed by atoms with Gasteiger partial charge in [0.25, 0.3) is 0 Å². The maximum atomic E-state index is 14.7. The van der Waals surface area contributed by atoms with Crippen LogP contribution in [-0.2, 0) is 6.11 Å². The maximum Gasteiger partial charge on any atom is 0.432 e. The van der Waals surface area contributed by atoms with Crippen LogP contribution in [0, 0.1) is 41.8 Å². The van der Waals surface area contributed by atoms with Crippen molar-refractivity contribution in [1.29, 1.82) is 0 Å². The summed E-state index contributed by atoms with van der Waals surface area (Å²) in [6, 6.07) is 11.1. The van der Waals surface area contributed by atoms with E-state index in [9.17, 15) is 35.1 Å². The summed E-state index contributed by atoms with van der Waals surface area (Å²) in [6.45, 7) is 5.80. The first-order valence-electron chi connectivity index (χ1n) is 11.0. The summed E-state index contributed by atoms with van der Waals surface area (Å²) in [5, 5.41) is 0. The van der Waals surface area contributed by atoms with Gasteiger partial charge in [0.1, 0.15) is 28.8 Å². The number of hydrogen-bond donors (Lipinski definition) is 0. The summed E-state index contributed by atoms with van der Waals surface area (Å²) in [6.07, 6.45) is -4.54. The van der Waals surface area contributed by atoms with Crippen molar-refractivity contribution in [3.63, 3.8) is 0 Å². The summed E-state index contributed by atoms with van der Waals surface area (Å²) in [4.78, 5) is 0. The van der Waals surface area contributed by atoms with Crippen molar-refractivity contribution in [3.05, 3.63) is 113 Å². The third kappa shape index (κ3) is 5.93. The van der Waals surface area contributed by atoms with E-state index >= 15 is 0 Å². The zero-order valence-electron chi connectivity index (χ0n) is 19.8. The Bertz CT molecular complexity index is 1370. The third-order valence-corrected chi connectivity index (χ3v) is 5.20. The molecule has 0 bridgehead atoms. The van der Waals surface area contributed by atoms with Gasteiger partial charge in [-0.3, -0.25) is 0 Å². The minimum atomic E-state index is -4.54. The number of alkyl halides is 2. The molecule has 0 aliphatic carbocycles. The zero-order valence-corrected chi connectivity index (χ0v) is 19.8. The molecule has 4 aromatic rings. The first kappa shape index (κ1) is 27.7. The van der Waals surface area contributed by atoms with Crippen molar-refractivity contribution in [2.45, 2.75) is 26.9 Å². The molecule has 0 radical (unpaired) electrons. The lowest BCUT2D eigenvalue weighted by Crippen LogP contribution is -2.25. The van der Waals surface area contributed by atoms with Crippen LogP contribution in [0.25, 0.3) is 22.3 Å². The van der Waals surface area contributed by atoms with E-state index in [2.05, 4.69) is 4.74 Å². The Morgan fingerprint density at radius 3 is 1.59 bits per heavy atom. The predicted octanol–water partition coefficient (Wildman–Crippen LogP) is 9.32. The van der Waals surface area contributed by atoms with Crippen molar-refractivity contribution in [2.24, 2.45) is 0 Å². The first-order valence-corrected chi connectivity index (χ1v) is 11.0. The summed E-state index contributed by atoms with van der Waals surface area (Å²) < 4.78 is 117. The molecule has 0 amide bonds. The van der Waals surface area contributed by atoms with Crippen LogP contribution in [0.5, 0.6) is 5.75 Å². The standard InChI is InChI=1S/C26H14F8O.C2H6/c1-13-2-4-14(5-3-13)15-8-20(28)24(21(29)9-15)26(33,34)35-17-6-7-18(19(27)12-17)16-10-22(30)25(32)23(31)11-16;1-2/h2-12H,1H3;1-2H3. The quantitative estimate of drug-likeness (QED) is 0.187.